The van der Waals surface area contributed by atoms with Gasteiger partial charge in [0.05, 0.1) is 23.1 Å². The molecule has 1 aromatic rings. The fourth-order valence-electron chi connectivity index (χ4n) is 1.06. The van der Waals surface area contributed by atoms with Gasteiger partial charge in [0.1, 0.15) is 0 Å². The minimum Gasteiger partial charge on any atom is -0.501 e. The molecule has 1 heterocycles. The van der Waals surface area contributed by atoms with E-state index in [2.05, 4.69) is 4.98 Å². The Bertz CT molecular complexity index is 470. The van der Waals surface area contributed by atoms with Crippen molar-refractivity contribution in [1.29, 1.82) is 5.26 Å². The Hall–Kier alpha value is -2.30. The Morgan fingerprint density at radius 1 is 1.69 bits per heavy atom. The zero-order chi connectivity index (χ0) is 12.3. The van der Waals surface area contributed by atoms with E-state index in [4.69, 9.17) is 10.4 Å². The molecule has 0 aromatic carbocycles. The molecule has 0 unspecified atom stereocenters. The normalized spacial score (nSPS) is 10.1. The van der Waals surface area contributed by atoms with Crippen LogP contribution < -0.4 is 0 Å². The van der Waals surface area contributed by atoms with Gasteiger partial charge in [-0.3, -0.25) is 10.1 Å². The molecule has 0 spiro atoms. The van der Waals surface area contributed by atoms with Gasteiger partial charge >= 0.3 is 5.69 Å². The molecule has 84 valence electrons. The number of nitrogens with zero attached hydrogens (tertiary/aromatic N) is 3. The van der Waals surface area contributed by atoms with Crippen LogP contribution in [0.1, 0.15) is 17.8 Å². The maximum Gasteiger partial charge on any atom is 0.314 e. The molecule has 0 aliphatic carbocycles. The third kappa shape index (κ3) is 2.20. The molecule has 1 N–H and O–H groups in total. The third-order valence-corrected chi connectivity index (χ3v) is 1.72. The van der Waals surface area contributed by atoms with E-state index < -0.39 is 28.5 Å². The lowest BCUT2D eigenvalue weighted by molar-refractivity contribution is -0.386. The quantitative estimate of drug-likeness (QED) is 0.627. The molecule has 8 heteroatoms. The second-order valence-corrected chi connectivity index (χ2v) is 2.76. The van der Waals surface area contributed by atoms with Gasteiger partial charge in [0.25, 0.3) is 6.43 Å². The summed E-state index contributed by atoms with van der Waals surface area (Å²) in [5.74, 6) is -1.17. The van der Waals surface area contributed by atoms with Gasteiger partial charge in [0, 0.05) is 6.07 Å². The van der Waals surface area contributed by atoms with E-state index in [0.29, 0.717) is 0 Å². The highest BCUT2D eigenvalue weighted by molar-refractivity contribution is 5.49. The number of halogens is 2. The van der Waals surface area contributed by atoms with Gasteiger partial charge in [0.15, 0.2) is 5.69 Å². The highest BCUT2D eigenvalue weighted by atomic mass is 19.3. The Morgan fingerprint density at radius 3 is 2.75 bits per heavy atom. The van der Waals surface area contributed by atoms with Crippen LogP contribution in [0.3, 0.4) is 0 Å². The largest absolute Gasteiger partial charge is 0.501 e. The summed E-state index contributed by atoms with van der Waals surface area (Å²) < 4.78 is 24.7. The minimum atomic E-state index is -3.14. The highest BCUT2D eigenvalue weighted by Crippen LogP contribution is 2.34. The molecule has 16 heavy (non-hydrogen) atoms. The molecule has 0 bridgehead atoms. The van der Waals surface area contributed by atoms with Gasteiger partial charge in [0.2, 0.25) is 5.75 Å². The van der Waals surface area contributed by atoms with E-state index in [-0.39, 0.29) is 12.1 Å². The van der Waals surface area contributed by atoms with Gasteiger partial charge in [-0.15, -0.1) is 0 Å². The van der Waals surface area contributed by atoms with Crippen LogP contribution in [-0.4, -0.2) is 15.0 Å². The average molecular weight is 229 g/mol. The van der Waals surface area contributed by atoms with Crippen LogP contribution in [0.5, 0.6) is 5.75 Å². The minimum absolute atomic E-state index is 0.178. The molecule has 0 aliphatic rings. The molecule has 1 rings (SSSR count). The predicted molar refractivity (Wildman–Crippen MR) is 46.8 cm³/mol. The van der Waals surface area contributed by atoms with E-state index in [0.717, 1.165) is 6.07 Å². The first-order chi connectivity index (χ1) is 7.47. The smallest absolute Gasteiger partial charge is 0.314 e. The fourth-order valence-corrected chi connectivity index (χ4v) is 1.06. The van der Waals surface area contributed by atoms with E-state index >= 15 is 0 Å². The first-order valence-electron chi connectivity index (χ1n) is 3.99. The standard InChI is InChI=1S/C8H5F2N3O3/c9-8(10)6-7(14)5(13(15)16)3-4(12-6)1-2-11/h3,8,14H,1H2. The number of aromatic nitrogens is 1. The molecule has 0 atom stereocenters. The number of pyridine rings is 1. The maximum atomic E-state index is 12.4. The Morgan fingerprint density at radius 2 is 2.31 bits per heavy atom. The average Bonchev–Trinajstić information content (AvgIpc) is 2.19. The molecular weight excluding hydrogens is 224 g/mol. The number of aromatic hydroxyl groups is 1. The number of rotatable bonds is 3. The Kier molecular flexibility index (Phi) is 3.30. The van der Waals surface area contributed by atoms with Gasteiger partial charge in [-0.05, 0) is 0 Å². The van der Waals surface area contributed by atoms with Crippen molar-refractivity contribution in [3.63, 3.8) is 0 Å². The molecule has 0 radical (unpaired) electrons. The summed E-state index contributed by atoms with van der Waals surface area (Å²) in [4.78, 5) is 12.7. The number of hydrogen-bond acceptors (Lipinski definition) is 5. The van der Waals surface area contributed by atoms with Gasteiger partial charge in [-0.1, -0.05) is 0 Å². The summed E-state index contributed by atoms with van der Waals surface area (Å²) in [5, 5.41) is 27.9. The lowest BCUT2D eigenvalue weighted by Crippen LogP contribution is -2.00. The second-order valence-electron chi connectivity index (χ2n) is 2.76. The van der Waals surface area contributed by atoms with Crippen LogP contribution in [0.15, 0.2) is 6.07 Å². The van der Waals surface area contributed by atoms with Crippen molar-refractivity contribution in [3.05, 3.63) is 27.6 Å². The van der Waals surface area contributed by atoms with E-state index in [9.17, 15) is 18.9 Å². The molecule has 1 aromatic heterocycles. The molecule has 0 saturated carbocycles. The summed E-state index contributed by atoms with van der Waals surface area (Å²) >= 11 is 0. The van der Waals surface area contributed by atoms with Gasteiger partial charge in [-0.25, -0.2) is 13.8 Å². The molecule has 0 fully saturated rings. The fraction of sp³-hybridized carbons (Fsp3) is 0.250. The summed E-state index contributed by atoms with van der Waals surface area (Å²) in [7, 11) is 0. The first-order valence-corrected chi connectivity index (χ1v) is 3.99. The van der Waals surface area contributed by atoms with E-state index in [1.165, 1.54) is 0 Å². The van der Waals surface area contributed by atoms with Crippen LogP contribution in [-0.2, 0) is 6.42 Å². The first kappa shape index (κ1) is 11.8. The van der Waals surface area contributed by atoms with Crippen LogP contribution in [0.25, 0.3) is 0 Å². The van der Waals surface area contributed by atoms with Crippen molar-refractivity contribution < 1.29 is 18.8 Å². The van der Waals surface area contributed by atoms with Crippen molar-refractivity contribution in [1.82, 2.24) is 4.98 Å². The van der Waals surface area contributed by atoms with E-state index in [1.807, 2.05) is 0 Å². The summed E-state index contributed by atoms with van der Waals surface area (Å²) in [5.41, 5.74) is -2.14. The maximum absolute atomic E-state index is 12.4. The Balaban J connectivity index is 3.40. The molecule has 0 saturated heterocycles. The van der Waals surface area contributed by atoms with Crippen LogP contribution in [0.4, 0.5) is 14.5 Å². The lowest BCUT2D eigenvalue weighted by atomic mass is 10.2. The topological polar surface area (TPSA) is 100 Å². The number of nitro groups is 1. The SMILES string of the molecule is N#CCc1cc([N+](=O)[O-])c(O)c(C(F)F)n1. The van der Waals surface area contributed by atoms with Gasteiger partial charge in [-0.2, -0.15) is 5.26 Å². The molecule has 6 nitrogen and oxygen atoms in total. The van der Waals surface area contributed by atoms with Crippen LogP contribution in [0, 0.1) is 21.4 Å². The Labute approximate surface area is 87.9 Å². The lowest BCUT2D eigenvalue weighted by Gasteiger charge is -2.04. The van der Waals surface area contributed by atoms with Crippen molar-refractivity contribution in [2.45, 2.75) is 12.8 Å². The monoisotopic (exact) mass is 229 g/mol. The van der Waals surface area contributed by atoms with Crippen molar-refractivity contribution >= 4 is 5.69 Å². The second kappa shape index (κ2) is 4.48. The zero-order valence-electron chi connectivity index (χ0n) is 7.72. The zero-order valence-corrected chi connectivity index (χ0v) is 7.72. The predicted octanol–water partition coefficient (Wildman–Crippen LogP) is 1.70. The summed E-state index contributed by atoms with van der Waals surface area (Å²) in [6.07, 6.45) is -3.49. The number of hydrogen-bond donors (Lipinski definition) is 1. The van der Waals surface area contributed by atoms with Crippen molar-refractivity contribution in [2.75, 3.05) is 0 Å². The van der Waals surface area contributed by atoms with Crippen LogP contribution in [0.2, 0.25) is 0 Å². The molecule has 0 amide bonds. The van der Waals surface area contributed by atoms with Crippen LogP contribution >= 0.6 is 0 Å². The molecular formula is C8H5F2N3O3. The van der Waals surface area contributed by atoms with Crippen molar-refractivity contribution in [3.8, 4) is 11.8 Å². The summed E-state index contributed by atoms with van der Waals surface area (Å²) in [6.45, 7) is 0. The summed E-state index contributed by atoms with van der Waals surface area (Å²) in [6, 6.07) is 2.42. The molecule has 0 aliphatic heterocycles. The van der Waals surface area contributed by atoms with Gasteiger partial charge < -0.3 is 5.11 Å². The van der Waals surface area contributed by atoms with E-state index in [1.54, 1.807) is 6.07 Å². The number of alkyl halides is 2. The van der Waals surface area contributed by atoms with Crippen molar-refractivity contribution in [2.24, 2.45) is 0 Å². The third-order valence-electron chi connectivity index (χ3n) is 1.72. The highest BCUT2D eigenvalue weighted by Gasteiger charge is 2.25. The number of nitriles is 1.